The largest absolute Gasteiger partial charge is 0.489 e. The Kier molecular flexibility index (Phi) is 4.35. The normalized spacial score (nSPS) is 10.3. The molecule has 0 unspecified atom stereocenters. The van der Waals surface area contributed by atoms with Crippen LogP contribution in [0.4, 0.5) is 4.39 Å². The topological polar surface area (TPSA) is 46.5 Å². The SMILES string of the molecule is Cc1ccc(OCc2ccc(F)cc2)c(CC(=O)O)c1. The van der Waals surface area contributed by atoms with Crippen LogP contribution in [0.3, 0.4) is 0 Å². The van der Waals surface area contributed by atoms with Gasteiger partial charge in [-0.05, 0) is 30.7 Å². The Hall–Kier alpha value is -2.36. The summed E-state index contributed by atoms with van der Waals surface area (Å²) in [5.74, 6) is -0.653. The zero-order valence-electron chi connectivity index (χ0n) is 11.1. The zero-order valence-corrected chi connectivity index (χ0v) is 11.1. The van der Waals surface area contributed by atoms with E-state index in [1.165, 1.54) is 12.1 Å². The maximum absolute atomic E-state index is 12.8. The van der Waals surface area contributed by atoms with Crippen LogP contribution < -0.4 is 4.74 Å². The number of carboxylic acids is 1. The maximum atomic E-state index is 12.8. The predicted molar refractivity (Wildman–Crippen MR) is 73.3 cm³/mol. The maximum Gasteiger partial charge on any atom is 0.307 e. The highest BCUT2D eigenvalue weighted by molar-refractivity contribution is 5.71. The van der Waals surface area contributed by atoms with Gasteiger partial charge in [-0.2, -0.15) is 0 Å². The van der Waals surface area contributed by atoms with Crippen LogP contribution in [-0.4, -0.2) is 11.1 Å². The van der Waals surface area contributed by atoms with E-state index in [1.54, 1.807) is 24.3 Å². The number of ether oxygens (including phenoxy) is 1. The molecule has 104 valence electrons. The molecular weight excluding hydrogens is 259 g/mol. The third kappa shape index (κ3) is 3.82. The van der Waals surface area contributed by atoms with Crippen molar-refractivity contribution < 1.29 is 19.0 Å². The molecule has 3 nitrogen and oxygen atoms in total. The lowest BCUT2D eigenvalue weighted by molar-refractivity contribution is -0.136. The third-order valence-electron chi connectivity index (χ3n) is 2.87. The summed E-state index contributed by atoms with van der Waals surface area (Å²) in [6, 6.07) is 11.4. The van der Waals surface area contributed by atoms with Crippen molar-refractivity contribution in [3.05, 3.63) is 65.0 Å². The summed E-state index contributed by atoms with van der Waals surface area (Å²) >= 11 is 0. The Bertz CT molecular complexity index is 606. The van der Waals surface area contributed by atoms with Crippen molar-refractivity contribution in [1.82, 2.24) is 0 Å². The van der Waals surface area contributed by atoms with Crippen molar-refractivity contribution in [2.45, 2.75) is 20.0 Å². The molecule has 0 bridgehead atoms. The smallest absolute Gasteiger partial charge is 0.307 e. The van der Waals surface area contributed by atoms with Gasteiger partial charge in [0.25, 0.3) is 0 Å². The number of carbonyl (C=O) groups is 1. The molecule has 20 heavy (non-hydrogen) atoms. The summed E-state index contributed by atoms with van der Waals surface area (Å²) in [6.45, 7) is 2.17. The second-order valence-electron chi connectivity index (χ2n) is 4.60. The standard InChI is InChI=1S/C16H15FO3/c1-11-2-7-15(13(8-11)9-16(18)19)20-10-12-3-5-14(17)6-4-12/h2-8H,9-10H2,1H3,(H,18,19). The van der Waals surface area contributed by atoms with Crippen LogP contribution in [-0.2, 0) is 17.8 Å². The van der Waals surface area contributed by atoms with Gasteiger partial charge in [-0.3, -0.25) is 4.79 Å². The van der Waals surface area contributed by atoms with Crippen molar-refractivity contribution in [1.29, 1.82) is 0 Å². The molecule has 4 heteroatoms. The van der Waals surface area contributed by atoms with E-state index in [4.69, 9.17) is 9.84 Å². The molecule has 2 rings (SSSR count). The predicted octanol–water partition coefficient (Wildman–Crippen LogP) is 3.34. The number of rotatable bonds is 5. The molecule has 1 N–H and O–H groups in total. The van der Waals surface area contributed by atoms with E-state index < -0.39 is 5.97 Å². The molecule has 0 radical (unpaired) electrons. The second kappa shape index (κ2) is 6.19. The molecule has 0 aliphatic rings. The Morgan fingerprint density at radius 1 is 1.20 bits per heavy atom. The van der Waals surface area contributed by atoms with Crippen molar-refractivity contribution in [3.63, 3.8) is 0 Å². The number of carboxylic acid groups (broad SMARTS) is 1. The van der Waals surface area contributed by atoms with Gasteiger partial charge in [-0.1, -0.05) is 29.8 Å². The van der Waals surface area contributed by atoms with Gasteiger partial charge in [-0.15, -0.1) is 0 Å². The van der Waals surface area contributed by atoms with Gasteiger partial charge >= 0.3 is 5.97 Å². The van der Waals surface area contributed by atoms with Gasteiger partial charge in [0.15, 0.2) is 0 Å². The quantitative estimate of drug-likeness (QED) is 0.909. The summed E-state index contributed by atoms with van der Waals surface area (Å²) in [6.07, 6.45) is -0.0829. The van der Waals surface area contributed by atoms with Crippen LogP contribution in [0.5, 0.6) is 5.75 Å². The minimum absolute atomic E-state index is 0.0829. The fourth-order valence-corrected chi connectivity index (χ4v) is 1.89. The van der Waals surface area contributed by atoms with Crippen molar-refractivity contribution in [2.75, 3.05) is 0 Å². The van der Waals surface area contributed by atoms with Gasteiger partial charge < -0.3 is 9.84 Å². The molecule has 0 heterocycles. The van der Waals surface area contributed by atoms with Crippen LogP contribution in [0, 0.1) is 12.7 Å². The van der Waals surface area contributed by atoms with Gasteiger partial charge in [-0.25, -0.2) is 4.39 Å². The first-order valence-corrected chi connectivity index (χ1v) is 6.23. The highest BCUT2D eigenvalue weighted by Crippen LogP contribution is 2.22. The fraction of sp³-hybridized carbons (Fsp3) is 0.188. The molecule has 2 aromatic rings. The van der Waals surface area contributed by atoms with E-state index in [0.29, 0.717) is 11.3 Å². The zero-order chi connectivity index (χ0) is 14.5. The average molecular weight is 274 g/mol. The van der Waals surface area contributed by atoms with Gasteiger partial charge in [0.1, 0.15) is 18.2 Å². The number of halogens is 1. The van der Waals surface area contributed by atoms with Crippen LogP contribution in [0.15, 0.2) is 42.5 Å². The second-order valence-corrected chi connectivity index (χ2v) is 4.60. The molecule has 0 saturated carbocycles. The summed E-state index contributed by atoms with van der Waals surface area (Å²) in [5.41, 5.74) is 2.45. The molecular formula is C16H15FO3. The lowest BCUT2D eigenvalue weighted by atomic mass is 10.1. The summed E-state index contributed by atoms with van der Waals surface area (Å²) < 4.78 is 18.4. The van der Waals surface area contributed by atoms with Crippen molar-refractivity contribution >= 4 is 5.97 Å². The van der Waals surface area contributed by atoms with E-state index in [0.717, 1.165) is 11.1 Å². The van der Waals surface area contributed by atoms with E-state index in [2.05, 4.69) is 0 Å². The molecule has 0 fully saturated rings. The van der Waals surface area contributed by atoms with Crippen LogP contribution >= 0.6 is 0 Å². The number of benzene rings is 2. The van der Waals surface area contributed by atoms with E-state index in [-0.39, 0.29) is 18.8 Å². The number of hydrogen-bond donors (Lipinski definition) is 1. The number of aliphatic carboxylic acids is 1. The minimum atomic E-state index is -0.901. The highest BCUT2D eigenvalue weighted by atomic mass is 19.1. The average Bonchev–Trinajstić information content (AvgIpc) is 2.39. The summed E-state index contributed by atoms with van der Waals surface area (Å²) in [5, 5.41) is 8.90. The van der Waals surface area contributed by atoms with Crippen LogP contribution in [0.2, 0.25) is 0 Å². The molecule has 0 aliphatic heterocycles. The van der Waals surface area contributed by atoms with Gasteiger partial charge in [0.05, 0.1) is 6.42 Å². The lowest BCUT2D eigenvalue weighted by Crippen LogP contribution is -2.04. The van der Waals surface area contributed by atoms with Crippen LogP contribution in [0.25, 0.3) is 0 Å². The minimum Gasteiger partial charge on any atom is -0.489 e. The first-order chi connectivity index (χ1) is 9.54. The number of aryl methyl sites for hydroxylation is 1. The van der Waals surface area contributed by atoms with Gasteiger partial charge in [0, 0.05) is 5.56 Å². The molecule has 2 aromatic carbocycles. The van der Waals surface area contributed by atoms with E-state index in [1.807, 2.05) is 13.0 Å². The molecule has 0 saturated heterocycles. The highest BCUT2D eigenvalue weighted by Gasteiger charge is 2.08. The van der Waals surface area contributed by atoms with E-state index in [9.17, 15) is 9.18 Å². The third-order valence-corrected chi connectivity index (χ3v) is 2.87. The van der Waals surface area contributed by atoms with Crippen molar-refractivity contribution in [3.8, 4) is 5.75 Å². The Morgan fingerprint density at radius 2 is 1.90 bits per heavy atom. The summed E-state index contributed by atoms with van der Waals surface area (Å²) in [4.78, 5) is 10.8. The first kappa shape index (κ1) is 14.1. The Labute approximate surface area is 116 Å². The first-order valence-electron chi connectivity index (χ1n) is 6.23. The monoisotopic (exact) mass is 274 g/mol. The number of hydrogen-bond acceptors (Lipinski definition) is 2. The molecule has 0 spiro atoms. The molecule has 0 aromatic heterocycles. The van der Waals surface area contributed by atoms with Gasteiger partial charge in [0.2, 0.25) is 0 Å². The Balaban J connectivity index is 2.12. The molecule has 0 atom stereocenters. The summed E-state index contributed by atoms with van der Waals surface area (Å²) in [7, 11) is 0. The van der Waals surface area contributed by atoms with Crippen LogP contribution in [0.1, 0.15) is 16.7 Å². The van der Waals surface area contributed by atoms with E-state index >= 15 is 0 Å². The lowest BCUT2D eigenvalue weighted by Gasteiger charge is -2.11. The Morgan fingerprint density at radius 3 is 2.55 bits per heavy atom. The fourth-order valence-electron chi connectivity index (χ4n) is 1.89. The van der Waals surface area contributed by atoms with Crippen molar-refractivity contribution in [2.24, 2.45) is 0 Å². The molecule has 0 aliphatic carbocycles. The molecule has 0 amide bonds.